The molecule has 2 aromatic carbocycles. The number of anilines is 1. The standard InChI is InChI=1S/C17H12F3NO3/c1-24-16(23)10-4-2-3-9(7-10)14-12-8-11(17(18,19)20)5-6-13(12)21-15(14)22/h2-8,14H,1H3,(H,21,22). The molecule has 3 rings (SSSR count). The van der Waals surface area contributed by atoms with Crippen LogP contribution in [0.2, 0.25) is 0 Å². The SMILES string of the molecule is COC(=O)c1cccc(C2C(=O)Nc3ccc(C(F)(F)F)cc32)c1. The number of methoxy groups -OCH3 is 1. The number of halogens is 3. The average molecular weight is 335 g/mol. The van der Waals surface area contributed by atoms with Crippen LogP contribution in [0.25, 0.3) is 0 Å². The van der Waals surface area contributed by atoms with Gasteiger partial charge in [0.05, 0.1) is 24.2 Å². The van der Waals surface area contributed by atoms with Gasteiger partial charge in [-0.15, -0.1) is 0 Å². The van der Waals surface area contributed by atoms with E-state index >= 15 is 0 Å². The van der Waals surface area contributed by atoms with E-state index in [0.717, 1.165) is 12.1 Å². The van der Waals surface area contributed by atoms with Gasteiger partial charge >= 0.3 is 12.1 Å². The van der Waals surface area contributed by atoms with Crippen LogP contribution < -0.4 is 5.32 Å². The van der Waals surface area contributed by atoms with Gasteiger partial charge < -0.3 is 10.1 Å². The third kappa shape index (κ3) is 2.73. The Balaban J connectivity index is 2.08. The van der Waals surface area contributed by atoms with Gasteiger partial charge in [-0.2, -0.15) is 13.2 Å². The molecule has 0 fully saturated rings. The number of ether oxygens (including phenoxy) is 1. The number of hydrogen-bond donors (Lipinski definition) is 1. The minimum atomic E-state index is -4.50. The van der Waals surface area contributed by atoms with Gasteiger partial charge in [0.1, 0.15) is 0 Å². The van der Waals surface area contributed by atoms with Crippen molar-refractivity contribution in [2.75, 3.05) is 12.4 Å². The molecule has 24 heavy (non-hydrogen) atoms. The van der Waals surface area contributed by atoms with Crippen molar-refractivity contribution in [3.63, 3.8) is 0 Å². The third-order valence-corrected chi connectivity index (χ3v) is 3.85. The number of hydrogen-bond acceptors (Lipinski definition) is 3. The number of carbonyl (C=O) groups is 2. The zero-order valence-electron chi connectivity index (χ0n) is 12.5. The minimum Gasteiger partial charge on any atom is -0.465 e. The summed E-state index contributed by atoms with van der Waals surface area (Å²) in [6, 6.07) is 9.22. The van der Waals surface area contributed by atoms with Crippen molar-refractivity contribution in [2.24, 2.45) is 0 Å². The van der Waals surface area contributed by atoms with Crippen molar-refractivity contribution in [3.8, 4) is 0 Å². The molecule has 1 N–H and O–H groups in total. The maximum Gasteiger partial charge on any atom is 0.416 e. The van der Waals surface area contributed by atoms with Gasteiger partial charge in [-0.3, -0.25) is 4.79 Å². The molecule has 4 nitrogen and oxygen atoms in total. The summed E-state index contributed by atoms with van der Waals surface area (Å²) in [5.74, 6) is -1.93. The Labute approximate surface area is 135 Å². The van der Waals surface area contributed by atoms with Crippen LogP contribution in [0.5, 0.6) is 0 Å². The van der Waals surface area contributed by atoms with Gasteiger partial charge in [0.25, 0.3) is 0 Å². The summed E-state index contributed by atoms with van der Waals surface area (Å²) in [5, 5.41) is 2.56. The van der Waals surface area contributed by atoms with E-state index in [-0.39, 0.29) is 11.1 Å². The Bertz CT molecular complexity index is 830. The Kier molecular flexibility index (Phi) is 3.79. The minimum absolute atomic E-state index is 0.225. The van der Waals surface area contributed by atoms with E-state index in [2.05, 4.69) is 10.1 Å². The predicted octanol–water partition coefficient (Wildman–Crippen LogP) is 3.58. The van der Waals surface area contributed by atoms with Gasteiger partial charge in [0, 0.05) is 5.69 Å². The third-order valence-electron chi connectivity index (χ3n) is 3.85. The van der Waals surface area contributed by atoms with Crippen LogP contribution in [0.4, 0.5) is 18.9 Å². The van der Waals surface area contributed by atoms with E-state index in [4.69, 9.17) is 0 Å². The summed E-state index contributed by atoms with van der Waals surface area (Å²) in [4.78, 5) is 23.9. The maximum absolute atomic E-state index is 12.9. The van der Waals surface area contributed by atoms with E-state index < -0.39 is 29.5 Å². The Morgan fingerprint density at radius 1 is 1.17 bits per heavy atom. The highest BCUT2D eigenvalue weighted by Gasteiger charge is 2.37. The number of nitrogens with one attached hydrogen (secondary N) is 1. The first-order valence-electron chi connectivity index (χ1n) is 7.01. The largest absolute Gasteiger partial charge is 0.465 e. The molecule has 7 heteroatoms. The zero-order chi connectivity index (χ0) is 17.5. The van der Waals surface area contributed by atoms with Crippen LogP contribution >= 0.6 is 0 Å². The second-order valence-corrected chi connectivity index (χ2v) is 5.34. The van der Waals surface area contributed by atoms with E-state index in [0.29, 0.717) is 11.3 Å². The van der Waals surface area contributed by atoms with Crippen LogP contribution in [-0.4, -0.2) is 19.0 Å². The molecule has 1 heterocycles. The van der Waals surface area contributed by atoms with Crippen LogP contribution in [-0.2, 0) is 15.7 Å². The smallest absolute Gasteiger partial charge is 0.416 e. The average Bonchev–Trinajstić information content (AvgIpc) is 2.88. The Morgan fingerprint density at radius 2 is 1.92 bits per heavy atom. The molecule has 0 aliphatic carbocycles. The van der Waals surface area contributed by atoms with Crippen LogP contribution in [0.15, 0.2) is 42.5 Å². The van der Waals surface area contributed by atoms with E-state index in [9.17, 15) is 22.8 Å². The van der Waals surface area contributed by atoms with Crippen molar-refractivity contribution >= 4 is 17.6 Å². The Morgan fingerprint density at radius 3 is 2.58 bits per heavy atom. The lowest BCUT2D eigenvalue weighted by atomic mass is 9.90. The van der Waals surface area contributed by atoms with Gasteiger partial charge in [0.2, 0.25) is 5.91 Å². The van der Waals surface area contributed by atoms with E-state index in [1.165, 1.54) is 25.3 Å². The molecular formula is C17H12F3NO3. The fourth-order valence-electron chi connectivity index (χ4n) is 2.73. The molecule has 1 amide bonds. The van der Waals surface area contributed by atoms with Crippen LogP contribution in [0.1, 0.15) is 33.0 Å². The van der Waals surface area contributed by atoms with E-state index in [1.807, 2.05) is 0 Å². The summed E-state index contributed by atoms with van der Waals surface area (Å²) in [6.07, 6.45) is -4.50. The number of carbonyl (C=O) groups excluding carboxylic acids is 2. The lowest BCUT2D eigenvalue weighted by Gasteiger charge is -2.13. The summed E-state index contributed by atoms with van der Waals surface area (Å²) >= 11 is 0. The van der Waals surface area contributed by atoms with Crippen molar-refractivity contribution in [1.29, 1.82) is 0 Å². The molecule has 1 aliphatic rings. The van der Waals surface area contributed by atoms with Crippen molar-refractivity contribution < 1.29 is 27.5 Å². The fourth-order valence-corrected chi connectivity index (χ4v) is 2.73. The zero-order valence-corrected chi connectivity index (χ0v) is 12.5. The lowest BCUT2D eigenvalue weighted by Crippen LogP contribution is -2.14. The first-order chi connectivity index (χ1) is 11.3. The van der Waals surface area contributed by atoms with Crippen LogP contribution in [0, 0.1) is 0 Å². The summed E-state index contributed by atoms with van der Waals surface area (Å²) in [5.41, 5.74) is 0.391. The number of esters is 1. The summed E-state index contributed by atoms with van der Waals surface area (Å²) in [7, 11) is 1.22. The maximum atomic E-state index is 12.9. The monoisotopic (exact) mass is 335 g/mol. The van der Waals surface area contributed by atoms with Gasteiger partial charge in [-0.05, 0) is 41.5 Å². The normalized spacial score (nSPS) is 16.5. The highest BCUT2D eigenvalue weighted by Crippen LogP contribution is 2.41. The first-order valence-corrected chi connectivity index (χ1v) is 7.01. The molecule has 0 radical (unpaired) electrons. The fraction of sp³-hybridized carbons (Fsp3) is 0.176. The number of benzene rings is 2. The molecule has 1 atom stereocenters. The predicted molar refractivity (Wildman–Crippen MR) is 79.7 cm³/mol. The number of alkyl halides is 3. The number of fused-ring (bicyclic) bond motifs is 1. The van der Waals surface area contributed by atoms with Gasteiger partial charge in [-0.25, -0.2) is 4.79 Å². The quantitative estimate of drug-likeness (QED) is 0.854. The van der Waals surface area contributed by atoms with Crippen molar-refractivity contribution in [2.45, 2.75) is 12.1 Å². The first kappa shape index (κ1) is 16.0. The second kappa shape index (κ2) is 5.67. The highest BCUT2D eigenvalue weighted by molar-refractivity contribution is 6.05. The highest BCUT2D eigenvalue weighted by atomic mass is 19.4. The van der Waals surface area contributed by atoms with E-state index in [1.54, 1.807) is 12.1 Å². The molecule has 124 valence electrons. The van der Waals surface area contributed by atoms with Gasteiger partial charge in [-0.1, -0.05) is 12.1 Å². The van der Waals surface area contributed by atoms with Crippen LogP contribution in [0.3, 0.4) is 0 Å². The second-order valence-electron chi connectivity index (χ2n) is 5.34. The molecule has 0 spiro atoms. The number of amides is 1. The van der Waals surface area contributed by atoms with Crippen molar-refractivity contribution in [1.82, 2.24) is 0 Å². The summed E-state index contributed by atoms with van der Waals surface area (Å²) in [6.45, 7) is 0. The Hall–Kier alpha value is -2.83. The molecule has 1 unspecified atom stereocenters. The van der Waals surface area contributed by atoms with Crippen molar-refractivity contribution in [3.05, 3.63) is 64.7 Å². The molecule has 0 saturated heterocycles. The molecule has 0 saturated carbocycles. The molecule has 1 aliphatic heterocycles. The summed E-state index contributed by atoms with van der Waals surface area (Å²) < 4.78 is 43.4. The lowest BCUT2D eigenvalue weighted by molar-refractivity contribution is -0.137. The topological polar surface area (TPSA) is 55.4 Å². The molecule has 0 aromatic heterocycles. The molecular weight excluding hydrogens is 323 g/mol. The molecule has 2 aromatic rings. The number of rotatable bonds is 2. The van der Waals surface area contributed by atoms with Gasteiger partial charge in [0.15, 0.2) is 0 Å². The molecule has 0 bridgehead atoms.